The molecule has 4 aromatic rings. The Balaban J connectivity index is 1.54. The van der Waals surface area contributed by atoms with Crippen molar-refractivity contribution in [2.24, 2.45) is 5.14 Å². The lowest BCUT2D eigenvalue weighted by atomic mass is 10.1. The van der Waals surface area contributed by atoms with Gasteiger partial charge in [-0.25, -0.2) is 17.9 Å². The molecule has 0 radical (unpaired) electrons. The van der Waals surface area contributed by atoms with Crippen molar-refractivity contribution >= 4 is 32.5 Å². The van der Waals surface area contributed by atoms with E-state index in [1.165, 1.54) is 36.4 Å². The average molecular weight is 437 g/mol. The van der Waals surface area contributed by atoms with E-state index in [4.69, 9.17) is 5.14 Å². The van der Waals surface area contributed by atoms with E-state index in [0.29, 0.717) is 12.2 Å². The third kappa shape index (κ3) is 4.82. The fraction of sp³-hybridized carbons (Fsp3) is 0.0870. The Morgan fingerprint density at radius 1 is 0.968 bits per heavy atom. The number of rotatable bonds is 6. The van der Waals surface area contributed by atoms with Gasteiger partial charge in [-0.3, -0.25) is 4.79 Å². The third-order valence-electron chi connectivity index (χ3n) is 4.95. The Bertz CT molecular complexity index is 1350. The van der Waals surface area contributed by atoms with Crippen LogP contribution in [0.5, 0.6) is 0 Å². The highest BCUT2D eigenvalue weighted by atomic mass is 32.2. The van der Waals surface area contributed by atoms with E-state index >= 15 is 0 Å². The number of carbonyl (C=O) groups excluding carboxylic acids is 1. The van der Waals surface area contributed by atoms with Crippen molar-refractivity contribution in [1.82, 2.24) is 4.57 Å². The van der Waals surface area contributed by atoms with Crippen LogP contribution >= 0.6 is 0 Å². The molecule has 0 unspecified atom stereocenters. The minimum absolute atomic E-state index is 0.0191. The standard InChI is InChI=1S/C23H20FN3O3S/c24-18-7-5-16(6-8-18)14-27-15-17(21-3-1-2-4-22(21)27)13-23(28)26-19-9-11-20(12-10-19)31(25,29)30/h1-12,15H,13-14H2,(H,26,28)(H2,25,29,30). The number of carbonyl (C=O) groups is 1. The summed E-state index contributed by atoms with van der Waals surface area (Å²) in [6.45, 7) is 0.553. The summed E-state index contributed by atoms with van der Waals surface area (Å²) in [4.78, 5) is 12.6. The van der Waals surface area contributed by atoms with Gasteiger partial charge in [0.05, 0.1) is 11.3 Å². The number of hydrogen-bond donors (Lipinski definition) is 2. The normalized spacial score (nSPS) is 11.5. The van der Waals surface area contributed by atoms with Gasteiger partial charge in [0.1, 0.15) is 5.82 Å². The summed E-state index contributed by atoms with van der Waals surface area (Å²) in [7, 11) is -3.78. The first-order valence-corrected chi connectivity index (χ1v) is 11.1. The van der Waals surface area contributed by atoms with Gasteiger partial charge in [0.25, 0.3) is 0 Å². The average Bonchev–Trinajstić information content (AvgIpc) is 3.07. The first-order valence-electron chi connectivity index (χ1n) is 9.53. The van der Waals surface area contributed by atoms with Crippen LogP contribution in [0.3, 0.4) is 0 Å². The van der Waals surface area contributed by atoms with Crippen LogP contribution in [-0.2, 0) is 27.8 Å². The number of fused-ring (bicyclic) bond motifs is 1. The number of amides is 1. The number of nitrogens with zero attached hydrogens (tertiary/aromatic N) is 1. The molecular formula is C23H20FN3O3S. The molecule has 31 heavy (non-hydrogen) atoms. The summed E-state index contributed by atoms with van der Waals surface area (Å²) in [6.07, 6.45) is 2.07. The van der Waals surface area contributed by atoms with Gasteiger partial charge >= 0.3 is 0 Å². The molecule has 1 amide bonds. The molecule has 0 saturated carbocycles. The third-order valence-corrected chi connectivity index (χ3v) is 5.88. The molecule has 3 N–H and O–H groups in total. The van der Waals surface area contributed by atoms with Crippen LogP contribution in [0.1, 0.15) is 11.1 Å². The van der Waals surface area contributed by atoms with Gasteiger partial charge in [-0.1, -0.05) is 30.3 Å². The summed E-state index contributed by atoms with van der Waals surface area (Å²) in [5.41, 5.74) is 3.27. The largest absolute Gasteiger partial charge is 0.343 e. The second-order valence-electron chi connectivity index (χ2n) is 7.22. The lowest BCUT2D eigenvalue weighted by molar-refractivity contribution is -0.115. The lowest BCUT2D eigenvalue weighted by Crippen LogP contribution is -2.15. The molecule has 158 valence electrons. The maximum absolute atomic E-state index is 13.2. The van der Waals surface area contributed by atoms with E-state index in [9.17, 15) is 17.6 Å². The van der Waals surface area contributed by atoms with Crippen molar-refractivity contribution in [2.75, 3.05) is 5.32 Å². The molecule has 0 aliphatic carbocycles. The Kier molecular flexibility index (Phi) is 5.58. The summed E-state index contributed by atoms with van der Waals surface area (Å²) < 4.78 is 37.9. The zero-order valence-electron chi connectivity index (χ0n) is 16.5. The second kappa shape index (κ2) is 8.33. The van der Waals surface area contributed by atoms with Gasteiger partial charge in [-0.05, 0) is 53.6 Å². The van der Waals surface area contributed by atoms with Crippen molar-refractivity contribution < 1.29 is 17.6 Å². The van der Waals surface area contributed by atoms with Crippen molar-refractivity contribution in [1.29, 1.82) is 0 Å². The molecule has 8 heteroatoms. The number of para-hydroxylation sites is 1. The molecule has 4 rings (SSSR count). The Morgan fingerprint density at radius 2 is 1.65 bits per heavy atom. The molecule has 3 aromatic carbocycles. The fourth-order valence-corrected chi connectivity index (χ4v) is 4.00. The number of benzene rings is 3. The number of aromatic nitrogens is 1. The van der Waals surface area contributed by atoms with Crippen LogP contribution in [0.4, 0.5) is 10.1 Å². The van der Waals surface area contributed by atoms with Crippen LogP contribution in [-0.4, -0.2) is 18.9 Å². The van der Waals surface area contributed by atoms with Crippen LogP contribution in [0.15, 0.2) is 83.9 Å². The van der Waals surface area contributed by atoms with Gasteiger partial charge in [0.15, 0.2) is 0 Å². The zero-order chi connectivity index (χ0) is 22.0. The smallest absolute Gasteiger partial charge is 0.238 e. The Morgan fingerprint density at radius 3 is 2.32 bits per heavy atom. The molecule has 0 fully saturated rings. The van der Waals surface area contributed by atoms with Crippen molar-refractivity contribution in [3.63, 3.8) is 0 Å². The minimum Gasteiger partial charge on any atom is -0.343 e. The minimum atomic E-state index is -3.78. The van der Waals surface area contributed by atoms with E-state index in [-0.39, 0.29) is 23.0 Å². The SMILES string of the molecule is NS(=O)(=O)c1ccc(NC(=O)Cc2cn(Cc3ccc(F)cc3)c3ccccc23)cc1. The molecule has 0 aliphatic rings. The van der Waals surface area contributed by atoms with Gasteiger partial charge in [-0.15, -0.1) is 0 Å². The highest BCUT2D eigenvalue weighted by Gasteiger charge is 2.13. The first-order chi connectivity index (χ1) is 14.8. The van der Waals surface area contributed by atoms with Gasteiger partial charge in [0, 0.05) is 29.3 Å². The number of sulfonamides is 1. The molecule has 6 nitrogen and oxygen atoms in total. The molecule has 0 atom stereocenters. The molecule has 1 aromatic heterocycles. The first kappa shape index (κ1) is 20.8. The van der Waals surface area contributed by atoms with E-state index in [1.807, 2.05) is 35.0 Å². The predicted octanol–water partition coefficient (Wildman–Crippen LogP) is 3.66. The molecule has 0 aliphatic heterocycles. The number of nitrogens with one attached hydrogen (secondary N) is 1. The molecular weight excluding hydrogens is 417 g/mol. The summed E-state index contributed by atoms with van der Waals surface area (Å²) >= 11 is 0. The number of anilines is 1. The molecule has 0 bridgehead atoms. The van der Waals surface area contributed by atoms with E-state index < -0.39 is 10.0 Å². The summed E-state index contributed by atoms with van der Waals surface area (Å²) in [6, 6.07) is 19.8. The van der Waals surface area contributed by atoms with Crippen molar-refractivity contribution in [3.05, 3.63) is 95.9 Å². The van der Waals surface area contributed by atoms with Gasteiger partial charge in [-0.2, -0.15) is 0 Å². The van der Waals surface area contributed by atoms with E-state index in [2.05, 4.69) is 5.32 Å². The fourth-order valence-electron chi connectivity index (χ4n) is 3.49. The van der Waals surface area contributed by atoms with Crippen molar-refractivity contribution in [2.45, 2.75) is 17.9 Å². The van der Waals surface area contributed by atoms with Gasteiger partial charge < -0.3 is 9.88 Å². The van der Waals surface area contributed by atoms with Crippen LogP contribution in [0.25, 0.3) is 10.9 Å². The predicted molar refractivity (Wildman–Crippen MR) is 118 cm³/mol. The topological polar surface area (TPSA) is 94.2 Å². The van der Waals surface area contributed by atoms with Crippen LogP contribution < -0.4 is 10.5 Å². The van der Waals surface area contributed by atoms with Crippen LogP contribution in [0, 0.1) is 5.82 Å². The summed E-state index contributed by atoms with van der Waals surface area (Å²) in [5.74, 6) is -0.511. The highest BCUT2D eigenvalue weighted by molar-refractivity contribution is 7.89. The quantitative estimate of drug-likeness (QED) is 0.482. The number of primary sulfonamides is 1. The maximum Gasteiger partial charge on any atom is 0.238 e. The van der Waals surface area contributed by atoms with Gasteiger partial charge in [0.2, 0.25) is 15.9 Å². The maximum atomic E-state index is 13.2. The second-order valence-corrected chi connectivity index (χ2v) is 8.78. The lowest BCUT2D eigenvalue weighted by Gasteiger charge is -2.06. The van der Waals surface area contributed by atoms with Crippen LogP contribution in [0.2, 0.25) is 0 Å². The number of hydrogen-bond acceptors (Lipinski definition) is 3. The molecule has 0 saturated heterocycles. The zero-order valence-corrected chi connectivity index (χ0v) is 17.3. The van der Waals surface area contributed by atoms with E-state index in [1.54, 1.807) is 12.1 Å². The summed E-state index contributed by atoms with van der Waals surface area (Å²) in [5, 5.41) is 8.83. The monoisotopic (exact) mass is 437 g/mol. The molecule has 1 heterocycles. The Labute approximate surface area is 179 Å². The van der Waals surface area contributed by atoms with E-state index in [0.717, 1.165) is 22.0 Å². The molecule has 0 spiro atoms. The Hall–Kier alpha value is -3.49. The highest BCUT2D eigenvalue weighted by Crippen LogP contribution is 2.23. The van der Waals surface area contributed by atoms with Crippen molar-refractivity contribution in [3.8, 4) is 0 Å². The number of nitrogens with two attached hydrogens (primary N) is 1. The number of halogens is 1.